The van der Waals surface area contributed by atoms with Crippen molar-refractivity contribution >= 4 is 17.5 Å². The number of carbonyl (C=O) groups excluding carboxylic acids is 2. The van der Waals surface area contributed by atoms with E-state index in [1.54, 1.807) is 13.2 Å². The van der Waals surface area contributed by atoms with E-state index in [1.165, 1.54) is 38.7 Å². The van der Waals surface area contributed by atoms with Crippen molar-refractivity contribution in [1.29, 1.82) is 0 Å². The number of hydrogen-bond donors (Lipinski definition) is 2. The first-order chi connectivity index (χ1) is 14.5. The van der Waals surface area contributed by atoms with Crippen LogP contribution in [0, 0.1) is 0 Å². The summed E-state index contributed by atoms with van der Waals surface area (Å²) in [6.07, 6.45) is 1.39. The molecule has 8 heteroatoms. The van der Waals surface area contributed by atoms with Crippen molar-refractivity contribution in [3.05, 3.63) is 71.7 Å². The molecule has 0 aliphatic carbocycles. The van der Waals surface area contributed by atoms with Crippen LogP contribution in [0.1, 0.15) is 26.5 Å². The molecule has 0 fully saturated rings. The van der Waals surface area contributed by atoms with Gasteiger partial charge >= 0.3 is 0 Å². The van der Waals surface area contributed by atoms with Crippen LogP contribution >= 0.6 is 0 Å². The van der Waals surface area contributed by atoms with Crippen molar-refractivity contribution in [2.75, 3.05) is 26.6 Å². The van der Waals surface area contributed by atoms with Gasteiger partial charge in [-0.1, -0.05) is 12.1 Å². The summed E-state index contributed by atoms with van der Waals surface area (Å²) in [7, 11) is 4.53. The second kappa shape index (κ2) is 9.51. The van der Waals surface area contributed by atoms with Crippen LogP contribution in [0.5, 0.6) is 17.2 Å². The Morgan fingerprint density at radius 2 is 1.60 bits per heavy atom. The highest BCUT2D eigenvalue weighted by Crippen LogP contribution is 2.33. The maximum Gasteiger partial charge on any atom is 0.291 e. The molecule has 0 spiro atoms. The third kappa shape index (κ3) is 4.72. The molecule has 30 heavy (non-hydrogen) atoms. The average Bonchev–Trinajstić information content (AvgIpc) is 3.32. The van der Waals surface area contributed by atoms with Gasteiger partial charge in [-0.2, -0.15) is 0 Å². The fourth-order valence-corrected chi connectivity index (χ4v) is 2.78. The highest BCUT2D eigenvalue weighted by molar-refractivity contribution is 6.08. The first-order valence-electron chi connectivity index (χ1n) is 9.07. The van der Waals surface area contributed by atoms with E-state index in [0.29, 0.717) is 18.0 Å². The lowest BCUT2D eigenvalue weighted by Crippen LogP contribution is -2.25. The lowest BCUT2D eigenvalue weighted by molar-refractivity contribution is 0.0951. The highest BCUT2D eigenvalue weighted by Gasteiger charge is 2.20. The second-order valence-electron chi connectivity index (χ2n) is 6.21. The number of carbonyl (C=O) groups is 2. The zero-order valence-electron chi connectivity index (χ0n) is 16.9. The number of ether oxygens (including phenoxy) is 3. The Morgan fingerprint density at radius 1 is 0.900 bits per heavy atom. The molecular formula is C22H22N2O6. The molecule has 0 saturated heterocycles. The number of amides is 2. The minimum absolute atomic E-state index is 0.120. The summed E-state index contributed by atoms with van der Waals surface area (Å²) in [4.78, 5) is 25.3. The van der Waals surface area contributed by atoms with Crippen LogP contribution in [-0.2, 0) is 6.54 Å². The molecule has 0 saturated carbocycles. The Kier molecular flexibility index (Phi) is 6.59. The molecular weight excluding hydrogens is 388 g/mol. The van der Waals surface area contributed by atoms with E-state index in [1.807, 2.05) is 24.3 Å². The zero-order chi connectivity index (χ0) is 21.5. The summed E-state index contributed by atoms with van der Waals surface area (Å²) in [5.74, 6) is 0.710. The molecule has 0 unspecified atom stereocenters. The molecule has 3 aromatic rings. The minimum Gasteiger partial charge on any atom is -0.497 e. The summed E-state index contributed by atoms with van der Waals surface area (Å²) in [6, 6.07) is 13.5. The van der Waals surface area contributed by atoms with E-state index in [0.717, 1.165) is 11.3 Å². The molecule has 2 N–H and O–H groups in total. The number of anilines is 1. The van der Waals surface area contributed by atoms with Gasteiger partial charge in [0.05, 0.1) is 38.8 Å². The summed E-state index contributed by atoms with van der Waals surface area (Å²) in [6.45, 7) is 0.294. The lowest BCUT2D eigenvalue weighted by Gasteiger charge is -2.15. The van der Waals surface area contributed by atoms with Crippen LogP contribution in [-0.4, -0.2) is 33.1 Å². The Labute approximate surface area is 173 Å². The van der Waals surface area contributed by atoms with Crippen LogP contribution in [0.3, 0.4) is 0 Å². The quantitative estimate of drug-likeness (QED) is 0.590. The maximum atomic E-state index is 12.9. The van der Waals surface area contributed by atoms with Crippen LogP contribution in [0.25, 0.3) is 0 Å². The monoisotopic (exact) mass is 410 g/mol. The predicted octanol–water partition coefficient (Wildman–Crippen LogP) is 3.49. The summed E-state index contributed by atoms with van der Waals surface area (Å²) >= 11 is 0. The smallest absolute Gasteiger partial charge is 0.291 e. The summed E-state index contributed by atoms with van der Waals surface area (Å²) in [5, 5.41) is 5.53. The first kappa shape index (κ1) is 20.8. The highest BCUT2D eigenvalue weighted by atomic mass is 16.5. The topological polar surface area (TPSA) is 99.0 Å². The SMILES string of the molecule is COc1ccc(CNC(=O)c2cc(OC)c(OC)cc2NC(=O)c2ccco2)cc1. The number of methoxy groups -OCH3 is 3. The third-order valence-electron chi connectivity index (χ3n) is 4.37. The minimum atomic E-state index is -0.489. The normalized spacial score (nSPS) is 10.2. The van der Waals surface area contributed by atoms with Crippen molar-refractivity contribution < 1.29 is 28.2 Å². The number of furan rings is 1. The second-order valence-corrected chi connectivity index (χ2v) is 6.21. The molecule has 0 bridgehead atoms. The van der Waals surface area contributed by atoms with Gasteiger partial charge in [0.1, 0.15) is 5.75 Å². The Hall–Kier alpha value is -3.94. The Morgan fingerprint density at radius 3 is 2.20 bits per heavy atom. The lowest BCUT2D eigenvalue weighted by atomic mass is 10.1. The summed E-state index contributed by atoms with van der Waals surface area (Å²) in [5.41, 5.74) is 1.38. The molecule has 8 nitrogen and oxygen atoms in total. The number of rotatable bonds is 8. The summed E-state index contributed by atoms with van der Waals surface area (Å²) < 4.78 is 20.8. The molecule has 0 radical (unpaired) electrons. The Bertz CT molecular complexity index is 1010. The molecule has 2 aromatic carbocycles. The number of nitrogens with one attached hydrogen (secondary N) is 2. The fraction of sp³-hybridized carbons (Fsp3) is 0.182. The maximum absolute atomic E-state index is 12.9. The average molecular weight is 410 g/mol. The van der Waals surface area contributed by atoms with Crippen LogP contribution in [0.15, 0.2) is 59.2 Å². The van der Waals surface area contributed by atoms with E-state index < -0.39 is 5.91 Å². The van der Waals surface area contributed by atoms with Crippen LogP contribution in [0.2, 0.25) is 0 Å². The molecule has 156 valence electrons. The van der Waals surface area contributed by atoms with Gasteiger partial charge in [0.15, 0.2) is 17.3 Å². The largest absolute Gasteiger partial charge is 0.497 e. The molecule has 0 aliphatic heterocycles. The van der Waals surface area contributed by atoms with Gasteiger partial charge in [0, 0.05) is 12.6 Å². The van der Waals surface area contributed by atoms with Crippen molar-refractivity contribution in [3.63, 3.8) is 0 Å². The predicted molar refractivity (Wildman–Crippen MR) is 110 cm³/mol. The standard InChI is InChI=1S/C22H22N2O6/c1-27-15-8-6-14(7-9-15)13-23-21(25)16-11-19(28-2)20(29-3)12-17(16)24-22(26)18-5-4-10-30-18/h4-12H,13H2,1-3H3,(H,23,25)(H,24,26). The first-order valence-corrected chi connectivity index (χ1v) is 9.07. The van der Waals surface area contributed by atoms with Crippen molar-refractivity contribution in [2.24, 2.45) is 0 Å². The van der Waals surface area contributed by atoms with Gasteiger partial charge in [-0.3, -0.25) is 9.59 Å². The molecule has 2 amide bonds. The molecule has 1 aromatic heterocycles. The zero-order valence-corrected chi connectivity index (χ0v) is 16.9. The fourth-order valence-electron chi connectivity index (χ4n) is 2.78. The third-order valence-corrected chi connectivity index (χ3v) is 4.37. The number of benzene rings is 2. The van der Waals surface area contributed by atoms with Gasteiger partial charge in [-0.05, 0) is 35.9 Å². The van der Waals surface area contributed by atoms with Gasteiger partial charge < -0.3 is 29.3 Å². The van der Waals surface area contributed by atoms with E-state index in [-0.39, 0.29) is 22.9 Å². The molecule has 1 heterocycles. The molecule has 3 rings (SSSR count). The van der Waals surface area contributed by atoms with Crippen LogP contribution in [0.4, 0.5) is 5.69 Å². The molecule has 0 aliphatic rings. The van der Waals surface area contributed by atoms with Crippen LogP contribution < -0.4 is 24.8 Å². The van der Waals surface area contributed by atoms with Gasteiger partial charge in [0.25, 0.3) is 11.8 Å². The van der Waals surface area contributed by atoms with E-state index in [4.69, 9.17) is 18.6 Å². The van der Waals surface area contributed by atoms with E-state index >= 15 is 0 Å². The van der Waals surface area contributed by atoms with Crippen molar-refractivity contribution in [2.45, 2.75) is 6.54 Å². The Balaban J connectivity index is 1.84. The van der Waals surface area contributed by atoms with Gasteiger partial charge in [-0.15, -0.1) is 0 Å². The van der Waals surface area contributed by atoms with Crippen molar-refractivity contribution in [3.8, 4) is 17.2 Å². The van der Waals surface area contributed by atoms with Crippen molar-refractivity contribution in [1.82, 2.24) is 5.32 Å². The van der Waals surface area contributed by atoms with Gasteiger partial charge in [-0.25, -0.2) is 0 Å². The van der Waals surface area contributed by atoms with Gasteiger partial charge in [0.2, 0.25) is 0 Å². The van der Waals surface area contributed by atoms with E-state index in [9.17, 15) is 9.59 Å². The molecule has 0 atom stereocenters. The van der Waals surface area contributed by atoms with E-state index in [2.05, 4.69) is 10.6 Å². The number of hydrogen-bond acceptors (Lipinski definition) is 6.